The van der Waals surface area contributed by atoms with Crippen LogP contribution in [0.2, 0.25) is 0 Å². The normalized spacial score (nSPS) is 11.8. The maximum Gasteiger partial charge on any atom is 0.418 e. The first-order valence-electron chi connectivity index (χ1n) is 9.71. The number of methoxy groups -OCH3 is 1. The molecule has 0 bridgehead atoms. The zero-order chi connectivity index (χ0) is 22.3. The average Bonchev–Trinajstić information content (AvgIpc) is 2.70. The smallest absolute Gasteiger partial charge is 0.418 e. The van der Waals surface area contributed by atoms with E-state index >= 15 is 0 Å². The SMILES string of the molecule is CCOc1ccc(CC(OC(C)C)C(=O)O)cc1N(C(=O)OC)c1ccc(C)nc1. The number of carboxylic acids is 1. The zero-order valence-corrected chi connectivity index (χ0v) is 17.9. The number of rotatable bonds is 9. The Balaban J connectivity index is 2.52. The molecule has 1 aromatic heterocycles. The molecular formula is C22H28N2O6. The van der Waals surface area contributed by atoms with Crippen molar-refractivity contribution in [2.45, 2.75) is 46.3 Å². The van der Waals surface area contributed by atoms with Crippen molar-refractivity contribution in [1.29, 1.82) is 0 Å². The number of carbonyl (C=O) groups excluding carboxylic acids is 1. The summed E-state index contributed by atoms with van der Waals surface area (Å²) in [6.07, 6.45) is -0.168. The highest BCUT2D eigenvalue weighted by molar-refractivity contribution is 5.97. The Kier molecular flexibility index (Phi) is 8.17. The summed E-state index contributed by atoms with van der Waals surface area (Å²) in [6, 6.07) is 8.72. The Bertz CT molecular complexity index is 866. The Morgan fingerprint density at radius 3 is 2.47 bits per heavy atom. The molecule has 0 saturated carbocycles. The van der Waals surface area contributed by atoms with E-state index in [9.17, 15) is 14.7 Å². The lowest BCUT2D eigenvalue weighted by Gasteiger charge is -2.25. The fraction of sp³-hybridized carbons (Fsp3) is 0.409. The highest BCUT2D eigenvalue weighted by Gasteiger charge is 2.25. The molecular weight excluding hydrogens is 388 g/mol. The first kappa shape index (κ1) is 23.2. The molecule has 1 unspecified atom stereocenters. The van der Waals surface area contributed by atoms with Crippen LogP contribution in [0.25, 0.3) is 0 Å². The second-order valence-corrected chi connectivity index (χ2v) is 6.91. The monoisotopic (exact) mass is 416 g/mol. The molecule has 8 heteroatoms. The summed E-state index contributed by atoms with van der Waals surface area (Å²) in [7, 11) is 1.29. The number of aryl methyl sites for hydroxylation is 1. The van der Waals surface area contributed by atoms with E-state index in [1.54, 1.807) is 50.4 Å². The zero-order valence-electron chi connectivity index (χ0n) is 17.9. The molecule has 0 aliphatic heterocycles. The van der Waals surface area contributed by atoms with Gasteiger partial charge < -0.3 is 19.3 Å². The largest absolute Gasteiger partial charge is 0.492 e. The minimum atomic E-state index is -1.05. The highest BCUT2D eigenvalue weighted by atomic mass is 16.5. The van der Waals surface area contributed by atoms with Crippen LogP contribution in [0, 0.1) is 6.92 Å². The molecule has 8 nitrogen and oxygen atoms in total. The number of benzene rings is 1. The van der Waals surface area contributed by atoms with Crippen LogP contribution in [0.3, 0.4) is 0 Å². The first-order chi connectivity index (χ1) is 14.3. The lowest BCUT2D eigenvalue weighted by molar-refractivity contribution is -0.153. The molecule has 0 aliphatic carbocycles. The van der Waals surface area contributed by atoms with Gasteiger partial charge in [-0.05, 0) is 57.5 Å². The van der Waals surface area contributed by atoms with Crippen LogP contribution in [0.4, 0.5) is 16.2 Å². The van der Waals surface area contributed by atoms with E-state index in [1.165, 1.54) is 12.0 Å². The molecule has 1 heterocycles. The number of anilines is 2. The molecule has 2 rings (SSSR count). The molecule has 1 amide bonds. The Labute approximate surface area is 176 Å². The number of aromatic nitrogens is 1. The fourth-order valence-electron chi connectivity index (χ4n) is 2.90. The van der Waals surface area contributed by atoms with E-state index in [0.29, 0.717) is 29.3 Å². The number of carbonyl (C=O) groups is 2. The number of amides is 1. The van der Waals surface area contributed by atoms with Gasteiger partial charge in [-0.3, -0.25) is 4.98 Å². The van der Waals surface area contributed by atoms with Gasteiger partial charge in [-0.1, -0.05) is 6.07 Å². The van der Waals surface area contributed by atoms with Crippen LogP contribution in [0.15, 0.2) is 36.5 Å². The number of pyridine rings is 1. The van der Waals surface area contributed by atoms with Crippen molar-refractivity contribution in [2.24, 2.45) is 0 Å². The van der Waals surface area contributed by atoms with Crippen LogP contribution in [0.5, 0.6) is 5.75 Å². The third kappa shape index (κ3) is 5.93. The van der Waals surface area contributed by atoms with Gasteiger partial charge in [0, 0.05) is 12.1 Å². The van der Waals surface area contributed by atoms with E-state index < -0.39 is 18.2 Å². The number of aliphatic carboxylic acids is 1. The highest BCUT2D eigenvalue weighted by Crippen LogP contribution is 2.36. The van der Waals surface area contributed by atoms with Crippen LogP contribution in [0.1, 0.15) is 32.0 Å². The molecule has 2 aromatic rings. The van der Waals surface area contributed by atoms with E-state index in [0.717, 1.165) is 5.69 Å². The van der Waals surface area contributed by atoms with E-state index in [2.05, 4.69) is 4.98 Å². The summed E-state index contributed by atoms with van der Waals surface area (Å²) in [5.41, 5.74) is 2.41. The third-order valence-corrected chi connectivity index (χ3v) is 4.21. The van der Waals surface area contributed by atoms with Crippen LogP contribution < -0.4 is 9.64 Å². The lowest BCUT2D eigenvalue weighted by Crippen LogP contribution is -2.29. The molecule has 30 heavy (non-hydrogen) atoms. The van der Waals surface area contributed by atoms with Crippen LogP contribution >= 0.6 is 0 Å². The Hall–Kier alpha value is -3.13. The molecule has 1 N–H and O–H groups in total. The summed E-state index contributed by atoms with van der Waals surface area (Å²) in [4.78, 5) is 29.8. The van der Waals surface area contributed by atoms with Gasteiger partial charge in [0.1, 0.15) is 5.75 Å². The Morgan fingerprint density at radius 2 is 1.93 bits per heavy atom. The lowest BCUT2D eigenvalue weighted by atomic mass is 10.1. The number of hydrogen-bond acceptors (Lipinski definition) is 6. The standard InChI is InChI=1S/C22H28N2O6/c1-6-29-19-10-8-16(12-20(21(25)26)30-14(2)3)11-18(19)24(22(27)28-5)17-9-7-15(4)23-13-17/h7-11,13-14,20H,6,12H2,1-5H3,(H,25,26). The van der Waals surface area contributed by atoms with Gasteiger partial charge in [0.15, 0.2) is 6.10 Å². The van der Waals surface area contributed by atoms with E-state index in [-0.39, 0.29) is 12.5 Å². The molecule has 0 fully saturated rings. The first-order valence-corrected chi connectivity index (χ1v) is 9.71. The molecule has 0 radical (unpaired) electrons. The van der Waals surface area contributed by atoms with Crippen molar-refractivity contribution in [3.8, 4) is 5.75 Å². The summed E-state index contributed by atoms with van der Waals surface area (Å²) >= 11 is 0. The van der Waals surface area contributed by atoms with Crippen molar-refractivity contribution in [2.75, 3.05) is 18.6 Å². The van der Waals surface area contributed by atoms with E-state index in [4.69, 9.17) is 14.2 Å². The minimum Gasteiger partial charge on any atom is -0.492 e. The quantitative estimate of drug-likeness (QED) is 0.657. The number of carboxylic acid groups (broad SMARTS) is 1. The molecule has 1 atom stereocenters. The Morgan fingerprint density at radius 1 is 1.20 bits per heavy atom. The van der Waals surface area contributed by atoms with Gasteiger partial charge in [-0.15, -0.1) is 0 Å². The molecule has 1 aromatic carbocycles. The molecule has 0 spiro atoms. The van der Waals surface area contributed by atoms with Gasteiger partial charge >= 0.3 is 12.1 Å². The van der Waals surface area contributed by atoms with Crippen molar-refractivity contribution in [3.05, 3.63) is 47.8 Å². The molecule has 0 aliphatic rings. The maximum atomic E-state index is 12.6. The summed E-state index contributed by atoms with van der Waals surface area (Å²) < 4.78 is 16.2. The average molecular weight is 416 g/mol. The maximum absolute atomic E-state index is 12.6. The van der Waals surface area contributed by atoms with Crippen molar-refractivity contribution in [1.82, 2.24) is 4.98 Å². The van der Waals surface area contributed by atoms with Gasteiger partial charge in [0.05, 0.1) is 37.4 Å². The van der Waals surface area contributed by atoms with Crippen molar-refractivity contribution < 1.29 is 28.9 Å². The number of ether oxygens (including phenoxy) is 3. The second-order valence-electron chi connectivity index (χ2n) is 6.91. The van der Waals surface area contributed by atoms with Crippen molar-refractivity contribution >= 4 is 23.4 Å². The van der Waals surface area contributed by atoms with Crippen molar-refractivity contribution in [3.63, 3.8) is 0 Å². The predicted octanol–water partition coefficient (Wildman–Crippen LogP) is 4.11. The van der Waals surface area contributed by atoms with Gasteiger partial charge in [-0.2, -0.15) is 0 Å². The second kappa shape index (κ2) is 10.6. The van der Waals surface area contributed by atoms with Gasteiger partial charge in [0.25, 0.3) is 0 Å². The summed E-state index contributed by atoms with van der Waals surface area (Å²) in [5, 5.41) is 9.49. The number of nitrogens with zero attached hydrogens (tertiary/aromatic N) is 2. The van der Waals surface area contributed by atoms with Crippen LogP contribution in [-0.4, -0.2) is 48.1 Å². The molecule has 0 saturated heterocycles. The summed E-state index contributed by atoms with van der Waals surface area (Å²) in [5.74, 6) is -0.587. The third-order valence-electron chi connectivity index (χ3n) is 4.21. The topological polar surface area (TPSA) is 98.2 Å². The van der Waals surface area contributed by atoms with Crippen LogP contribution in [-0.2, 0) is 20.7 Å². The van der Waals surface area contributed by atoms with Gasteiger partial charge in [-0.25, -0.2) is 14.5 Å². The number of hydrogen-bond donors (Lipinski definition) is 1. The predicted molar refractivity (Wildman–Crippen MR) is 112 cm³/mol. The summed E-state index contributed by atoms with van der Waals surface area (Å²) in [6.45, 7) is 7.64. The van der Waals surface area contributed by atoms with E-state index in [1.807, 2.05) is 13.8 Å². The molecule has 162 valence electrons. The fourth-order valence-corrected chi connectivity index (χ4v) is 2.90. The van der Waals surface area contributed by atoms with Gasteiger partial charge in [0.2, 0.25) is 0 Å². The minimum absolute atomic E-state index is 0.133.